The number of carbonyl (C=O) groups is 1. The number of nitrogens with one attached hydrogen (secondary N) is 2. The SMILES string of the molecule is CS(=O)(=O)NCCCNC(=O)N1CCCC(N2CCCC2)C1. The Balaban J connectivity index is 1.66. The highest BCUT2D eigenvalue weighted by Gasteiger charge is 2.28. The summed E-state index contributed by atoms with van der Waals surface area (Å²) in [6.07, 6.45) is 6.53. The quantitative estimate of drug-likeness (QED) is 0.681. The van der Waals surface area contributed by atoms with Gasteiger partial charge in [-0.2, -0.15) is 0 Å². The molecule has 7 nitrogen and oxygen atoms in total. The summed E-state index contributed by atoms with van der Waals surface area (Å²) in [5.41, 5.74) is 0. The van der Waals surface area contributed by atoms with Gasteiger partial charge in [0, 0.05) is 32.2 Å². The van der Waals surface area contributed by atoms with E-state index in [2.05, 4.69) is 14.9 Å². The van der Waals surface area contributed by atoms with Crippen molar-refractivity contribution in [3.63, 3.8) is 0 Å². The summed E-state index contributed by atoms with van der Waals surface area (Å²) in [7, 11) is -3.14. The van der Waals surface area contributed by atoms with Crippen LogP contribution in [-0.2, 0) is 10.0 Å². The number of likely N-dealkylation sites (tertiary alicyclic amines) is 2. The second-order valence-electron chi connectivity index (χ2n) is 6.24. The average Bonchev–Trinajstić information content (AvgIpc) is 3.00. The smallest absolute Gasteiger partial charge is 0.317 e. The van der Waals surface area contributed by atoms with Gasteiger partial charge >= 0.3 is 6.03 Å². The third-order valence-electron chi connectivity index (χ3n) is 4.33. The molecule has 0 aromatic carbocycles. The largest absolute Gasteiger partial charge is 0.338 e. The molecule has 2 rings (SSSR count). The van der Waals surface area contributed by atoms with E-state index in [0.717, 1.165) is 38.9 Å². The van der Waals surface area contributed by atoms with Gasteiger partial charge in [-0.1, -0.05) is 0 Å². The van der Waals surface area contributed by atoms with E-state index in [0.29, 0.717) is 25.6 Å². The predicted molar refractivity (Wildman–Crippen MR) is 86.3 cm³/mol. The van der Waals surface area contributed by atoms with Gasteiger partial charge in [-0.05, 0) is 45.2 Å². The Labute approximate surface area is 133 Å². The number of hydrogen-bond acceptors (Lipinski definition) is 4. The van der Waals surface area contributed by atoms with Crippen LogP contribution in [0.5, 0.6) is 0 Å². The number of nitrogens with zero attached hydrogens (tertiary/aromatic N) is 2. The third-order valence-corrected chi connectivity index (χ3v) is 5.06. The Kier molecular flexibility index (Phi) is 6.46. The monoisotopic (exact) mass is 332 g/mol. The van der Waals surface area contributed by atoms with E-state index in [1.165, 1.54) is 19.3 Å². The highest BCUT2D eigenvalue weighted by molar-refractivity contribution is 7.88. The maximum Gasteiger partial charge on any atom is 0.317 e. The number of amides is 2. The zero-order valence-corrected chi connectivity index (χ0v) is 14.2. The molecular weight excluding hydrogens is 304 g/mol. The maximum atomic E-state index is 12.2. The van der Waals surface area contributed by atoms with Crippen LogP contribution in [0.4, 0.5) is 4.79 Å². The number of piperidine rings is 1. The molecule has 2 N–H and O–H groups in total. The van der Waals surface area contributed by atoms with E-state index in [-0.39, 0.29) is 6.03 Å². The summed E-state index contributed by atoms with van der Waals surface area (Å²) in [6, 6.07) is 0.483. The van der Waals surface area contributed by atoms with Crippen molar-refractivity contribution in [1.29, 1.82) is 0 Å². The lowest BCUT2D eigenvalue weighted by Crippen LogP contribution is -2.52. The molecule has 1 atom stereocenters. The minimum atomic E-state index is -3.14. The third kappa shape index (κ3) is 5.73. The maximum absolute atomic E-state index is 12.2. The van der Waals surface area contributed by atoms with Crippen molar-refractivity contribution in [3.8, 4) is 0 Å². The van der Waals surface area contributed by atoms with Crippen LogP contribution in [0.2, 0.25) is 0 Å². The van der Waals surface area contributed by atoms with E-state index < -0.39 is 10.0 Å². The molecule has 0 spiro atoms. The van der Waals surface area contributed by atoms with E-state index in [1.54, 1.807) is 0 Å². The molecule has 0 saturated carbocycles. The van der Waals surface area contributed by atoms with Crippen molar-refractivity contribution in [1.82, 2.24) is 19.8 Å². The zero-order chi connectivity index (χ0) is 16.0. The van der Waals surface area contributed by atoms with Crippen LogP contribution in [-0.4, -0.2) is 75.8 Å². The van der Waals surface area contributed by atoms with E-state index in [1.807, 2.05) is 4.90 Å². The van der Waals surface area contributed by atoms with Crippen molar-refractivity contribution in [2.24, 2.45) is 0 Å². The van der Waals surface area contributed by atoms with Crippen molar-refractivity contribution >= 4 is 16.1 Å². The van der Waals surface area contributed by atoms with Gasteiger partial charge in [-0.3, -0.25) is 4.90 Å². The molecule has 2 fully saturated rings. The Morgan fingerprint density at radius 1 is 1.14 bits per heavy atom. The van der Waals surface area contributed by atoms with Crippen molar-refractivity contribution in [2.75, 3.05) is 45.5 Å². The van der Waals surface area contributed by atoms with Gasteiger partial charge in [-0.25, -0.2) is 17.9 Å². The van der Waals surface area contributed by atoms with E-state index in [4.69, 9.17) is 0 Å². The van der Waals surface area contributed by atoms with Crippen molar-refractivity contribution < 1.29 is 13.2 Å². The first kappa shape index (κ1) is 17.5. The number of carbonyl (C=O) groups excluding carboxylic acids is 1. The molecule has 22 heavy (non-hydrogen) atoms. The van der Waals surface area contributed by atoms with Gasteiger partial charge in [0.15, 0.2) is 0 Å². The van der Waals surface area contributed by atoms with Crippen molar-refractivity contribution in [2.45, 2.75) is 38.1 Å². The fraction of sp³-hybridized carbons (Fsp3) is 0.929. The molecule has 2 heterocycles. The summed E-state index contributed by atoms with van der Waals surface area (Å²) < 4.78 is 24.3. The molecule has 8 heteroatoms. The summed E-state index contributed by atoms with van der Waals surface area (Å²) in [5.74, 6) is 0. The topological polar surface area (TPSA) is 81.8 Å². The molecule has 2 aliphatic heterocycles. The van der Waals surface area contributed by atoms with Crippen LogP contribution < -0.4 is 10.0 Å². The number of sulfonamides is 1. The zero-order valence-electron chi connectivity index (χ0n) is 13.4. The highest BCUT2D eigenvalue weighted by Crippen LogP contribution is 2.20. The molecule has 0 aromatic heterocycles. The number of urea groups is 1. The minimum absolute atomic E-state index is 0.0248. The molecular formula is C14H28N4O3S. The first-order chi connectivity index (χ1) is 10.5. The standard InChI is InChI=1S/C14H28N4O3S/c1-22(20,21)16-8-5-7-15-14(19)18-11-4-6-13(12-18)17-9-2-3-10-17/h13,16H,2-12H2,1H3,(H,15,19). The van der Waals surface area contributed by atoms with Crippen LogP contribution in [0.25, 0.3) is 0 Å². The van der Waals surface area contributed by atoms with Crippen molar-refractivity contribution in [3.05, 3.63) is 0 Å². The van der Waals surface area contributed by atoms with Gasteiger partial charge in [0.25, 0.3) is 0 Å². The van der Waals surface area contributed by atoms with Gasteiger partial charge in [0.1, 0.15) is 0 Å². The number of rotatable bonds is 6. The molecule has 0 bridgehead atoms. The average molecular weight is 332 g/mol. The first-order valence-electron chi connectivity index (χ1n) is 8.17. The Morgan fingerprint density at radius 2 is 1.86 bits per heavy atom. The lowest BCUT2D eigenvalue weighted by atomic mass is 10.0. The van der Waals surface area contributed by atoms with E-state index >= 15 is 0 Å². The van der Waals surface area contributed by atoms with Crippen LogP contribution in [0.15, 0.2) is 0 Å². The molecule has 128 valence electrons. The molecule has 2 aliphatic rings. The number of hydrogen-bond donors (Lipinski definition) is 2. The Hall–Kier alpha value is -0.860. The van der Waals surface area contributed by atoms with Gasteiger partial charge < -0.3 is 10.2 Å². The Bertz CT molecular complexity index is 463. The second-order valence-corrected chi connectivity index (χ2v) is 8.07. The van der Waals surface area contributed by atoms with Crippen LogP contribution in [0.1, 0.15) is 32.1 Å². The Morgan fingerprint density at radius 3 is 2.55 bits per heavy atom. The molecule has 0 aromatic rings. The fourth-order valence-electron chi connectivity index (χ4n) is 3.20. The van der Waals surface area contributed by atoms with Gasteiger partial charge in [0.2, 0.25) is 10.0 Å². The summed E-state index contributed by atoms with van der Waals surface area (Å²) in [6.45, 7) is 4.81. The minimum Gasteiger partial charge on any atom is -0.338 e. The van der Waals surface area contributed by atoms with Gasteiger partial charge in [-0.15, -0.1) is 0 Å². The van der Waals surface area contributed by atoms with Crippen LogP contribution >= 0.6 is 0 Å². The van der Waals surface area contributed by atoms with Crippen LogP contribution in [0, 0.1) is 0 Å². The first-order valence-corrected chi connectivity index (χ1v) is 10.1. The second kappa shape index (κ2) is 8.12. The summed E-state index contributed by atoms with van der Waals surface area (Å²) in [4.78, 5) is 16.6. The molecule has 2 amide bonds. The summed E-state index contributed by atoms with van der Waals surface area (Å²) in [5, 5.41) is 2.88. The molecule has 0 radical (unpaired) electrons. The molecule has 0 aliphatic carbocycles. The van der Waals surface area contributed by atoms with Gasteiger partial charge in [0.05, 0.1) is 6.26 Å². The molecule has 1 unspecified atom stereocenters. The molecule has 2 saturated heterocycles. The lowest BCUT2D eigenvalue weighted by molar-refractivity contribution is 0.125. The fourth-order valence-corrected chi connectivity index (χ4v) is 3.71. The summed E-state index contributed by atoms with van der Waals surface area (Å²) >= 11 is 0. The van der Waals surface area contributed by atoms with Crippen LogP contribution in [0.3, 0.4) is 0 Å². The normalized spacial score (nSPS) is 23.7. The lowest BCUT2D eigenvalue weighted by Gasteiger charge is -2.37. The predicted octanol–water partition coefficient (Wildman–Crippen LogP) is 0.196. The van der Waals surface area contributed by atoms with E-state index in [9.17, 15) is 13.2 Å². The highest BCUT2D eigenvalue weighted by atomic mass is 32.2.